The first kappa shape index (κ1) is 16.5. The number of rotatable bonds is 5. The van der Waals surface area contributed by atoms with Crippen LogP contribution in [-0.2, 0) is 20.8 Å². The third-order valence-electron chi connectivity index (χ3n) is 4.91. The van der Waals surface area contributed by atoms with Gasteiger partial charge in [-0.1, -0.05) is 31.0 Å². The van der Waals surface area contributed by atoms with E-state index in [1.165, 1.54) is 0 Å². The fraction of sp³-hybridized carbons (Fsp3) is 0.500. The minimum absolute atomic E-state index is 0.0564. The highest BCUT2D eigenvalue weighted by atomic mass is 16.4. The Morgan fingerprint density at radius 3 is 2.62 bits per heavy atom. The van der Waals surface area contributed by atoms with Crippen molar-refractivity contribution in [2.24, 2.45) is 5.92 Å². The van der Waals surface area contributed by atoms with E-state index in [0.29, 0.717) is 17.8 Å². The fourth-order valence-electron chi connectivity index (χ4n) is 3.67. The molecule has 2 amide bonds. The summed E-state index contributed by atoms with van der Waals surface area (Å²) in [7, 11) is 0. The summed E-state index contributed by atoms with van der Waals surface area (Å²) in [5.74, 6) is -1.46. The largest absolute Gasteiger partial charge is 0.481 e. The molecule has 1 heterocycles. The Bertz CT molecular complexity index is 652. The zero-order valence-corrected chi connectivity index (χ0v) is 13.5. The zero-order chi connectivity index (χ0) is 17.1. The molecule has 0 spiro atoms. The molecule has 0 bridgehead atoms. The predicted molar refractivity (Wildman–Crippen MR) is 88.5 cm³/mol. The summed E-state index contributed by atoms with van der Waals surface area (Å²) in [6.07, 6.45) is 4.45. The van der Waals surface area contributed by atoms with Crippen LogP contribution >= 0.6 is 0 Å². The van der Waals surface area contributed by atoms with Crippen molar-refractivity contribution in [1.29, 1.82) is 0 Å². The Morgan fingerprint density at radius 1 is 1.21 bits per heavy atom. The van der Waals surface area contributed by atoms with Crippen molar-refractivity contribution < 1.29 is 19.5 Å². The molecule has 1 aliphatic carbocycles. The lowest BCUT2D eigenvalue weighted by atomic mass is 10.1. The van der Waals surface area contributed by atoms with Crippen molar-refractivity contribution in [2.75, 3.05) is 11.9 Å². The van der Waals surface area contributed by atoms with Gasteiger partial charge in [-0.25, -0.2) is 0 Å². The van der Waals surface area contributed by atoms with E-state index in [1.807, 2.05) is 4.90 Å². The molecular formula is C18H22N2O4. The van der Waals surface area contributed by atoms with E-state index in [0.717, 1.165) is 25.7 Å². The molecule has 6 nitrogen and oxygen atoms in total. The molecule has 1 aromatic carbocycles. The normalized spacial score (nSPS) is 21.2. The molecule has 2 aliphatic rings. The van der Waals surface area contributed by atoms with Gasteiger partial charge in [0.05, 0.1) is 12.3 Å². The molecule has 6 heteroatoms. The number of para-hydroxylation sites is 1. The molecule has 1 saturated carbocycles. The molecule has 1 aromatic rings. The molecular weight excluding hydrogens is 308 g/mol. The Balaban J connectivity index is 1.65. The van der Waals surface area contributed by atoms with Gasteiger partial charge in [0.2, 0.25) is 11.8 Å². The number of anilines is 1. The van der Waals surface area contributed by atoms with Crippen LogP contribution in [0.5, 0.6) is 0 Å². The summed E-state index contributed by atoms with van der Waals surface area (Å²) in [6, 6.07) is 7.17. The number of likely N-dealkylation sites (tertiary alicyclic amines) is 1. The van der Waals surface area contributed by atoms with Crippen molar-refractivity contribution in [3.63, 3.8) is 0 Å². The molecule has 1 saturated heterocycles. The van der Waals surface area contributed by atoms with Gasteiger partial charge in [-0.05, 0) is 24.5 Å². The number of nitrogens with one attached hydrogen (secondary N) is 1. The second-order valence-corrected chi connectivity index (χ2v) is 6.60. The van der Waals surface area contributed by atoms with Gasteiger partial charge in [-0.2, -0.15) is 0 Å². The minimum Gasteiger partial charge on any atom is -0.481 e. The van der Waals surface area contributed by atoms with Crippen LogP contribution in [0.1, 0.15) is 37.7 Å². The quantitative estimate of drug-likeness (QED) is 0.865. The number of carbonyl (C=O) groups is 3. The number of carboxylic acids is 1. The molecule has 1 atom stereocenters. The lowest BCUT2D eigenvalue weighted by Crippen LogP contribution is -2.35. The molecule has 0 aromatic heterocycles. The van der Waals surface area contributed by atoms with Crippen LogP contribution in [0.4, 0.5) is 5.69 Å². The Kier molecular flexibility index (Phi) is 4.83. The maximum atomic E-state index is 12.5. The van der Waals surface area contributed by atoms with E-state index in [1.54, 1.807) is 24.3 Å². The summed E-state index contributed by atoms with van der Waals surface area (Å²) < 4.78 is 0. The number of aliphatic carboxylic acids is 1. The highest BCUT2D eigenvalue weighted by Gasteiger charge is 2.38. The second kappa shape index (κ2) is 7.03. The van der Waals surface area contributed by atoms with Gasteiger partial charge in [0.15, 0.2) is 0 Å². The summed E-state index contributed by atoms with van der Waals surface area (Å²) in [4.78, 5) is 37.5. The first-order valence-electron chi connectivity index (χ1n) is 8.44. The molecule has 1 unspecified atom stereocenters. The van der Waals surface area contributed by atoms with Crippen molar-refractivity contribution in [2.45, 2.75) is 44.6 Å². The van der Waals surface area contributed by atoms with Crippen molar-refractivity contribution in [3.8, 4) is 0 Å². The summed E-state index contributed by atoms with van der Waals surface area (Å²) in [6.45, 7) is 0.469. The highest BCUT2D eigenvalue weighted by Crippen LogP contribution is 2.30. The van der Waals surface area contributed by atoms with Gasteiger partial charge >= 0.3 is 5.97 Å². The number of benzene rings is 1. The summed E-state index contributed by atoms with van der Waals surface area (Å²) in [5, 5.41) is 11.8. The van der Waals surface area contributed by atoms with Crippen LogP contribution in [0, 0.1) is 5.92 Å². The monoisotopic (exact) mass is 330 g/mol. The molecule has 0 radical (unpaired) electrons. The van der Waals surface area contributed by atoms with E-state index in [-0.39, 0.29) is 36.6 Å². The van der Waals surface area contributed by atoms with Crippen molar-refractivity contribution >= 4 is 23.5 Å². The predicted octanol–water partition coefficient (Wildman–Crippen LogP) is 2.04. The van der Waals surface area contributed by atoms with E-state index < -0.39 is 5.97 Å². The lowest BCUT2D eigenvalue weighted by molar-refractivity contribution is -0.136. The number of amides is 2. The van der Waals surface area contributed by atoms with Crippen molar-refractivity contribution in [3.05, 3.63) is 29.8 Å². The third kappa shape index (κ3) is 3.58. The maximum Gasteiger partial charge on any atom is 0.307 e. The SMILES string of the molecule is O=C(O)Cc1ccccc1NC(=O)C1CC(=O)N(C2CCCC2)C1. The summed E-state index contributed by atoms with van der Waals surface area (Å²) >= 11 is 0. The molecule has 3 rings (SSSR count). The van der Waals surface area contributed by atoms with Crippen LogP contribution in [-0.4, -0.2) is 40.4 Å². The third-order valence-corrected chi connectivity index (χ3v) is 4.91. The Hall–Kier alpha value is -2.37. The first-order valence-corrected chi connectivity index (χ1v) is 8.44. The molecule has 2 fully saturated rings. The van der Waals surface area contributed by atoms with Gasteiger partial charge < -0.3 is 15.3 Å². The van der Waals surface area contributed by atoms with E-state index in [2.05, 4.69) is 5.32 Å². The van der Waals surface area contributed by atoms with Gasteiger partial charge in [0.25, 0.3) is 0 Å². The van der Waals surface area contributed by atoms with Gasteiger partial charge in [0.1, 0.15) is 0 Å². The van der Waals surface area contributed by atoms with Gasteiger partial charge in [0, 0.05) is 24.7 Å². The average molecular weight is 330 g/mol. The molecule has 128 valence electrons. The van der Waals surface area contributed by atoms with E-state index in [9.17, 15) is 14.4 Å². The van der Waals surface area contributed by atoms with Crippen LogP contribution < -0.4 is 5.32 Å². The Morgan fingerprint density at radius 2 is 1.92 bits per heavy atom. The second-order valence-electron chi connectivity index (χ2n) is 6.60. The zero-order valence-electron chi connectivity index (χ0n) is 13.5. The fourth-order valence-corrected chi connectivity index (χ4v) is 3.67. The van der Waals surface area contributed by atoms with Crippen LogP contribution in [0.25, 0.3) is 0 Å². The maximum absolute atomic E-state index is 12.5. The number of nitrogens with zero attached hydrogens (tertiary/aromatic N) is 1. The number of carboxylic acid groups (broad SMARTS) is 1. The minimum atomic E-state index is -0.944. The number of carbonyl (C=O) groups excluding carboxylic acids is 2. The molecule has 2 N–H and O–H groups in total. The highest BCUT2D eigenvalue weighted by molar-refractivity contribution is 5.98. The van der Waals surface area contributed by atoms with Crippen LogP contribution in [0.3, 0.4) is 0 Å². The van der Waals surface area contributed by atoms with Gasteiger partial charge in [-0.3, -0.25) is 14.4 Å². The number of hydrogen-bond acceptors (Lipinski definition) is 3. The number of hydrogen-bond donors (Lipinski definition) is 2. The summed E-state index contributed by atoms with van der Waals surface area (Å²) in [5.41, 5.74) is 1.08. The average Bonchev–Trinajstić information content (AvgIpc) is 3.17. The standard InChI is InChI=1S/C18H22N2O4/c21-16-9-13(11-20(16)14-6-2-3-7-14)18(24)19-15-8-4-1-5-12(15)10-17(22)23/h1,4-5,8,13-14H,2-3,6-7,9-11H2,(H,19,24)(H,22,23). The molecule has 24 heavy (non-hydrogen) atoms. The molecule has 1 aliphatic heterocycles. The first-order chi connectivity index (χ1) is 11.5. The lowest BCUT2D eigenvalue weighted by Gasteiger charge is -2.24. The smallest absolute Gasteiger partial charge is 0.307 e. The van der Waals surface area contributed by atoms with Crippen LogP contribution in [0.15, 0.2) is 24.3 Å². The van der Waals surface area contributed by atoms with Crippen LogP contribution in [0.2, 0.25) is 0 Å². The van der Waals surface area contributed by atoms with Crippen molar-refractivity contribution in [1.82, 2.24) is 4.90 Å². The van der Waals surface area contributed by atoms with E-state index in [4.69, 9.17) is 5.11 Å². The Labute approximate surface area is 140 Å². The van der Waals surface area contributed by atoms with Gasteiger partial charge in [-0.15, -0.1) is 0 Å². The topological polar surface area (TPSA) is 86.7 Å². The van der Waals surface area contributed by atoms with E-state index >= 15 is 0 Å².